The Hall–Kier alpha value is -4.22. The Balaban J connectivity index is 1.46. The maximum absolute atomic E-state index is 15.3. The van der Waals surface area contributed by atoms with Crippen LogP contribution < -0.4 is 9.64 Å². The lowest BCUT2D eigenvalue weighted by atomic mass is 9.95. The molecule has 0 amide bonds. The second kappa shape index (κ2) is 11.0. The summed E-state index contributed by atoms with van der Waals surface area (Å²) < 4.78 is 30.4. The van der Waals surface area contributed by atoms with Gasteiger partial charge < -0.3 is 24.2 Å². The van der Waals surface area contributed by atoms with Gasteiger partial charge in [0.2, 0.25) is 5.88 Å². The fraction of sp³-hybridized carbons (Fsp3) is 0.296. The molecule has 5 rings (SSSR count). The van der Waals surface area contributed by atoms with E-state index in [4.69, 9.17) is 9.47 Å². The Kier molecular flexibility index (Phi) is 7.38. The van der Waals surface area contributed by atoms with Crippen LogP contribution in [0.15, 0.2) is 48.8 Å². The van der Waals surface area contributed by atoms with Gasteiger partial charge in [-0.3, -0.25) is 0 Å². The number of esters is 1. The lowest BCUT2D eigenvalue weighted by Crippen LogP contribution is -2.36. The Labute approximate surface area is 218 Å². The molecule has 38 heavy (non-hydrogen) atoms. The van der Waals surface area contributed by atoms with Gasteiger partial charge in [0.15, 0.2) is 6.61 Å². The zero-order chi connectivity index (χ0) is 26.6. The van der Waals surface area contributed by atoms with E-state index >= 15 is 4.39 Å². The maximum Gasteiger partial charge on any atom is 0.343 e. The number of fused-ring (bicyclic) bond motifs is 1. The Morgan fingerprint density at radius 2 is 1.95 bits per heavy atom. The van der Waals surface area contributed by atoms with E-state index in [2.05, 4.69) is 29.8 Å². The number of rotatable bonds is 7. The average molecular weight is 520 g/mol. The van der Waals surface area contributed by atoms with Crippen molar-refractivity contribution in [2.75, 3.05) is 44.9 Å². The van der Waals surface area contributed by atoms with E-state index in [1.807, 2.05) is 18.2 Å². The second-order valence-electron chi connectivity index (χ2n) is 8.78. The van der Waals surface area contributed by atoms with Crippen LogP contribution in [0.5, 0.6) is 5.88 Å². The SMILES string of the molecule is COC(=O)COc1ccc(C(O)c2cc(-c3ncnc4cc(N5CCOCC5)ccc34)c(F)cc2C)nn1. The lowest BCUT2D eigenvalue weighted by Gasteiger charge is -2.29. The first-order valence-electron chi connectivity index (χ1n) is 12.0. The van der Waals surface area contributed by atoms with Crippen molar-refractivity contribution >= 4 is 22.6 Å². The summed E-state index contributed by atoms with van der Waals surface area (Å²) in [6, 6.07) is 11.8. The number of aromatic nitrogens is 4. The van der Waals surface area contributed by atoms with Crippen molar-refractivity contribution in [3.8, 4) is 17.1 Å². The van der Waals surface area contributed by atoms with Crippen LogP contribution >= 0.6 is 0 Å². The van der Waals surface area contributed by atoms with E-state index in [1.54, 1.807) is 13.0 Å². The summed E-state index contributed by atoms with van der Waals surface area (Å²) in [7, 11) is 1.25. The summed E-state index contributed by atoms with van der Waals surface area (Å²) in [6.45, 7) is 4.31. The number of ether oxygens (including phenoxy) is 3. The van der Waals surface area contributed by atoms with Gasteiger partial charge >= 0.3 is 5.97 Å². The standard InChI is InChI=1S/C27H26FN5O5/c1-16-11-21(28)20(13-19(16)27(35)22-5-6-24(32-31-22)38-14-25(34)36-2)26-18-4-3-17(12-23(18)29-15-30-26)33-7-9-37-10-8-33/h3-6,11-13,15,27,35H,7-10,14H2,1-2H3. The summed E-state index contributed by atoms with van der Waals surface area (Å²) in [5.41, 5.74) is 3.60. The molecule has 3 heterocycles. The molecule has 1 N–H and O–H groups in total. The molecule has 2 aromatic carbocycles. The molecule has 4 aromatic rings. The first-order chi connectivity index (χ1) is 18.4. The first kappa shape index (κ1) is 25.4. The number of morpholine rings is 1. The molecule has 1 saturated heterocycles. The molecule has 0 saturated carbocycles. The van der Waals surface area contributed by atoms with Crippen molar-refractivity contribution in [2.45, 2.75) is 13.0 Å². The molecular formula is C27H26FN5O5. The number of aliphatic hydroxyl groups excluding tert-OH is 1. The zero-order valence-corrected chi connectivity index (χ0v) is 20.9. The van der Waals surface area contributed by atoms with Gasteiger partial charge in [0.25, 0.3) is 0 Å². The predicted molar refractivity (Wildman–Crippen MR) is 136 cm³/mol. The lowest BCUT2D eigenvalue weighted by molar-refractivity contribution is -0.143. The van der Waals surface area contributed by atoms with E-state index in [0.717, 1.165) is 18.8 Å². The molecule has 1 fully saturated rings. The molecule has 1 atom stereocenters. The zero-order valence-electron chi connectivity index (χ0n) is 20.9. The van der Waals surface area contributed by atoms with Crippen LogP contribution in [0.2, 0.25) is 0 Å². The van der Waals surface area contributed by atoms with Crippen molar-refractivity contribution in [3.63, 3.8) is 0 Å². The molecule has 196 valence electrons. The molecule has 0 radical (unpaired) electrons. The number of anilines is 1. The Morgan fingerprint density at radius 3 is 2.68 bits per heavy atom. The summed E-state index contributed by atoms with van der Waals surface area (Å²) in [5, 5.41) is 19.7. The number of aryl methyl sites for hydroxylation is 1. The molecule has 11 heteroatoms. The normalized spacial score (nSPS) is 14.4. The summed E-state index contributed by atoms with van der Waals surface area (Å²) in [4.78, 5) is 22.3. The number of hydrogen-bond donors (Lipinski definition) is 1. The fourth-order valence-electron chi connectivity index (χ4n) is 4.35. The fourth-order valence-corrected chi connectivity index (χ4v) is 4.35. The monoisotopic (exact) mass is 519 g/mol. The van der Waals surface area contributed by atoms with E-state index in [1.165, 1.54) is 31.6 Å². The van der Waals surface area contributed by atoms with Crippen LogP contribution in [0.3, 0.4) is 0 Å². The van der Waals surface area contributed by atoms with Gasteiger partial charge in [-0.2, -0.15) is 0 Å². The van der Waals surface area contributed by atoms with Gasteiger partial charge in [0, 0.05) is 35.8 Å². The number of halogens is 1. The smallest absolute Gasteiger partial charge is 0.343 e. The van der Waals surface area contributed by atoms with E-state index in [-0.39, 0.29) is 23.7 Å². The minimum atomic E-state index is -1.18. The topological polar surface area (TPSA) is 120 Å². The van der Waals surface area contributed by atoms with Crippen LogP contribution in [-0.4, -0.2) is 71.3 Å². The van der Waals surface area contributed by atoms with Gasteiger partial charge in [0.05, 0.1) is 37.2 Å². The van der Waals surface area contributed by atoms with Crippen LogP contribution in [0.4, 0.5) is 10.1 Å². The van der Waals surface area contributed by atoms with Crippen molar-refractivity contribution < 1.29 is 28.5 Å². The number of nitrogens with zero attached hydrogens (tertiary/aromatic N) is 5. The highest BCUT2D eigenvalue weighted by atomic mass is 19.1. The Morgan fingerprint density at radius 1 is 1.13 bits per heavy atom. The van der Waals surface area contributed by atoms with Crippen LogP contribution in [0, 0.1) is 12.7 Å². The average Bonchev–Trinajstić information content (AvgIpc) is 2.96. The molecule has 1 aliphatic rings. The third-order valence-electron chi connectivity index (χ3n) is 6.41. The molecule has 0 aliphatic carbocycles. The summed E-state index contributed by atoms with van der Waals surface area (Å²) >= 11 is 0. The van der Waals surface area contributed by atoms with Crippen molar-refractivity contribution in [3.05, 3.63) is 71.4 Å². The minimum absolute atomic E-state index is 0.103. The summed E-state index contributed by atoms with van der Waals surface area (Å²) in [6.07, 6.45) is 0.229. The van der Waals surface area contributed by atoms with E-state index in [9.17, 15) is 9.90 Å². The second-order valence-corrected chi connectivity index (χ2v) is 8.78. The number of carbonyl (C=O) groups is 1. The number of aliphatic hydroxyl groups is 1. The van der Waals surface area contributed by atoms with Gasteiger partial charge in [-0.25, -0.2) is 19.2 Å². The molecule has 1 unspecified atom stereocenters. The highest BCUT2D eigenvalue weighted by Crippen LogP contribution is 2.34. The van der Waals surface area contributed by atoms with Crippen molar-refractivity contribution in [1.29, 1.82) is 0 Å². The number of carbonyl (C=O) groups excluding carboxylic acids is 1. The Bertz CT molecular complexity index is 1460. The predicted octanol–water partition coefficient (Wildman–Crippen LogP) is 3.00. The third-order valence-corrected chi connectivity index (χ3v) is 6.41. The van der Waals surface area contributed by atoms with E-state index in [0.29, 0.717) is 40.9 Å². The number of hydrogen-bond acceptors (Lipinski definition) is 10. The van der Waals surface area contributed by atoms with Gasteiger partial charge in [-0.1, -0.05) is 0 Å². The van der Waals surface area contributed by atoms with Crippen LogP contribution in [0.1, 0.15) is 22.9 Å². The molecular weight excluding hydrogens is 493 g/mol. The molecule has 0 bridgehead atoms. The highest BCUT2D eigenvalue weighted by molar-refractivity contribution is 5.94. The van der Waals surface area contributed by atoms with Crippen LogP contribution in [0.25, 0.3) is 22.2 Å². The molecule has 1 aliphatic heterocycles. The minimum Gasteiger partial charge on any atom is -0.466 e. The van der Waals surface area contributed by atoms with Gasteiger partial charge in [0.1, 0.15) is 18.2 Å². The summed E-state index contributed by atoms with van der Waals surface area (Å²) in [5.74, 6) is -0.917. The molecule has 2 aromatic heterocycles. The van der Waals surface area contributed by atoms with Crippen molar-refractivity contribution in [1.82, 2.24) is 20.2 Å². The largest absolute Gasteiger partial charge is 0.466 e. The van der Waals surface area contributed by atoms with Crippen LogP contribution in [-0.2, 0) is 14.3 Å². The van der Waals surface area contributed by atoms with Gasteiger partial charge in [-0.05, 0) is 54.4 Å². The van der Waals surface area contributed by atoms with E-state index < -0.39 is 17.9 Å². The molecule has 0 spiro atoms. The quantitative estimate of drug-likeness (QED) is 0.365. The van der Waals surface area contributed by atoms with Crippen molar-refractivity contribution in [2.24, 2.45) is 0 Å². The number of methoxy groups -OCH3 is 1. The molecule has 10 nitrogen and oxygen atoms in total. The highest BCUT2D eigenvalue weighted by Gasteiger charge is 2.21. The maximum atomic E-state index is 15.3. The third kappa shape index (κ3) is 5.24. The number of benzene rings is 2. The first-order valence-corrected chi connectivity index (χ1v) is 12.0. The van der Waals surface area contributed by atoms with Gasteiger partial charge in [-0.15, -0.1) is 10.2 Å².